The predicted octanol–water partition coefficient (Wildman–Crippen LogP) is 5.41. The zero-order chi connectivity index (χ0) is 20.5. The van der Waals surface area contributed by atoms with Crippen molar-refractivity contribution in [1.82, 2.24) is 14.5 Å². The molecule has 0 atom stereocenters. The molecule has 2 saturated carbocycles. The smallest absolute Gasteiger partial charge is 0.238 e. The number of fused-ring (bicyclic) bond motifs is 3. The highest BCUT2D eigenvalue weighted by Gasteiger charge is 2.59. The molecule has 0 N–H and O–H groups in total. The van der Waals surface area contributed by atoms with Crippen LogP contribution in [0.1, 0.15) is 62.9 Å². The summed E-state index contributed by atoms with van der Waals surface area (Å²) >= 11 is 6.27. The first-order valence-corrected chi connectivity index (χ1v) is 11.4. The van der Waals surface area contributed by atoms with Gasteiger partial charge in [-0.2, -0.15) is 0 Å². The summed E-state index contributed by atoms with van der Waals surface area (Å²) in [6.45, 7) is 2.82. The highest BCUT2D eigenvalue weighted by molar-refractivity contribution is 6.31. The van der Waals surface area contributed by atoms with Crippen LogP contribution in [0.25, 0.3) is 11.0 Å². The Morgan fingerprint density at radius 2 is 1.97 bits per heavy atom. The standard InChI is InChI=1S/C24H25ClN4O/c1-15-2-5-17(6-3-15)29-20-7-4-16(25)12-19(20)27-22(29)14-28-21-13-26-11-8-18(21)24(9-10-24)23(28)30/h4,7-8,11-13,15,17H,2-3,5-6,9-10,14H2,1H3. The molecular formula is C24H25ClN4O. The van der Waals surface area contributed by atoms with E-state index in [4.69, 9.17) is 16.6 Å². The number of amides is 1. The van der Waals surface area contributed by atoms with Crippen LogP contribution in [0.4, 0.5) is 5.69 Å². The van der Waals surface area contributed by atoms with Crippen molar-refractivity contribution in [2.75, 3.05) is 4.90 Å². The van der Waals surface area contributed by atoms with Crippen LogP contribution in [0.2, 0.25) is 5.02 Å². The quantitative estimate of drug-likeness (QED) is 0.568. The number of carbonyl (C=O) groups is 1. The first kappa shape index (κ1) is 18.4. The maximum absolute atomic E-state index is 13.4. The highest BCUT2D eigenvalue weighted by Crippen LogP contribution is 2.57. The monoisotopic (exact) mass is 420 g/mol. The van der Waals surface area contributed by atoms with E-state index in [1.54, 1.807) is 6.20 Å². The third-order valence-corrected chi connectivity index (χ3v) is 7.62. The Hall–Kier alpha value is -2.40. The van der Waals surface area contributed by atoms with Gasteiger partial charge in [0, 0.05) is 17.3 Å². The molecule has 3 aliphatic rings. The Kier molecular flexibility index (Phi) is 4.01. The second-order valence-corrected chi connectivity index (χ2v) is 9.75. The molecule has 5 nitrogen and oxygen atoms in total. The molecule has 1 aliphatic heterocycles. The Labute approximate surface area is 181 Å². The summed E-state index contributed by atoms with van der Waals surface area (Å²) in [7, 11) is 0. The van der Waals surface area contributed by atoms with Crippen LogP contribution in [-0.2, 0) is 16.8 Å². The summed E-state index contributed by atoms with van der Waals surface area (Å²) in [5.41, 5.74) is 3.82. The van der Waals surface area contributed by atoms with Crippen molar-refractivity contribution in [3.05, 3.63) is 53.1 Å². The number of rotatable bonds is 3. The molecule has 154 valence electrons. The molecular weight excluding hydrogens is 396 g/mol. The number of halogens is 1. The average Bonchev–Trinajstić information content (AvgIpc) is 3.44. The molecule has 1 aromatic carbocycles. The molecule has 1 amide bonds. The number of hydrogen-bond acceptors (Lipinski definition) is 3. The maximum Gasteiger partial charge on any atom is 0.238 e. The van der Waals surface area contributed by atoms with E-state index in [2.05, 4.69) is 22.5 Å². The fraction of sp³-hybridized carbons (Fsp3) is 0.458. The van der Waals surface area contributed by atoms with Crippen LogP contribution in [0.15, 0.2) is 36.7 Å². The number of benzene rings is 1. The van der Waals surface area contributed by atoms with Gasteiger partial charge in [-0.15, -0.1) is 0 Å². The largest absolute Gasteiger partial charge is 0.323 e. The third kappa shape index (κ3) is 2.64. The van der Waals surface area contributed by atoms with Crippen LogP contribution >= 0.6 is 11.6 Å². The summed E-state index contributed by atoms with van der Waals surface area (Å²) in [6, 6.07) is 8.40. The van der Waals surface area contributed by atoms with Gasteiger partial charge in [0.2, 0.25) is 5.91 Å². The Morgan fingerprint density at radius 1 is 1.17 bits per heavy atom. The lowest BCUT2D eigenvalue weighted by molar-refractivity contribution is -0.120. The van der Waals surface area contributed by atoms with Gasteiger partial charge in [-0.05, 0) is 74.3 Å². The van der Waals surface area contributed by atoms with Gasteiger partial charge in [-0.3, -0.25) is 9.78 Å². The molecule has 1 spiro atoms. The summed E-state index contributed by atoms with van der Waals surface area (Å²) in [6.07, 6.45) is 10.3. The van der Waals surface area contributed by atoms with Crippen molar-refractivity contribution in [3.63, 3.8) is 0 Å². The van der Waals surface area contributed by atoms with Crippen molar-refractivity contribution >= 4 is 34.2 Å². The first-order valence-electron chi connectivity index (χ1n) is 11.0. The number of anilines is 1. The minimum Gasteiger partial charge on any atom is -0.323 e. The van der Waals surface area contributed by atoms with Gasteiger partial charge in [-0.25, -0.2) is 4.98 Å². The average molecular weight is 421 g/mol. The molecule has 0 radical (unpaired) electrons. The number of carbonyl (C=O) groups excluding carboxylic acids is 1. The summed E-state index contributed by atoms with van der Waals surface area (Å²) in [5.74, 6) is 1.94. The van der Waals surface area contributed by atoms with Crippen LogP contribution < -0.4 is 4.90 Å². The minimum absolute atomic E-state index is 0.208. The first-order chi connectivity index (χ1) is 14.6. The molecule has 0 saturated heterocycles. The third-order valence-electron chi connectivity index (χ3n) is 7.39. The van der Waals surface area contributed by atoms with Crippen LogP contribution in [0, 0.1) is 5.92 Å². The normalized spacial score (nSPS) is 24.6. The second-order valence-electron chi connectivity index (χ2n) is 9.31. The lowest BCUT2D eigenvalue weighted by atomic mass is 9.87. The van der Waals surface area contributed by atoms with Gasteiger partial charge in [-0.1, -0.05) is 18.5 Å². The lowest BCUT2D eigenvalue weighted by Gasteiger charge is -2.30. The van der Waals surface area contributed by atoms with Crippen molar-refractivity contribution < 1.29 is 4.79 Å². The highest BCUT2D eigenvalue weighted by atomic mass is 35.5. The van der Waals surface area contributed by atoms with Gasteiger partial charge in [0.15, 0.2) is 0 Å². The van der Waals surface area contributed by atoms with Crippen molar-refractivity contribution in [3.8, 4) is 0 Å². The summed E-state index contributed by atoms with van der Waals surface area (Å²) in [5, 5.41) is 0.694. The molecule has 3 aromatic rings. The van der Waals surface area contributed by atoms with E-state index in [0.717, 1.165) is 59.7 Å². The van der Waals surface area contributed by atoms with E-state index in [-0.39, 0.29) is 11.3 Å². The van der Waals surface area contributed by atoms with E-state index in [0.29, 0.717) is 17.6 Å². The summed E-state index contributed by atoms with van der Waals surface area (Å²) < 4.78 is 2.39. The molecule has 30 heavy (non-hydrogen) atoms. The lowest BCUT2D eigenvalue weighted by Crippen LogP contribution is -2.33. The van der Waals surface area contributed by atoms with Crippen molar-refractivity contribution in [2.45, 2.75) is 63.5 Å². The molecule has 2 aliphatic carbocycles. The van der Waals surface area contributed by atoms with Gasteiger partial charge < -0.3 is 9.47 Å². The van der Waals surface area contributed by atoms with Gasteiger partial charge in [0.05, 0.1) is 34.9 Å². The molecule has 0 bridgehead atoms. The van der Waals surface area contributed by atoms with Crippen LogP contribution in [0.5, 0.6) is 0 Å². The molecule has 6 heteroatoms. The topological polar surface area (TPSA) is 51.0 Å². The van der Waals surface area contributed by atoms with E-state index < -0.39 is 0 Å². The minimum atomic E-state index is -0.307. The maximum atomic E-state index is 13.4. The van der Waals surface area contributed by atoms with Crippen molar-refractivity contribution in [1.29, 1.82) is 0 Å². The molecule has 2 aromatic heterocycles. The van der Waals surface area contributed by atoms with Gasteiger partial charge in [0.1, 0.15) is 5.82 Å². The Bertz CT molecular complexity index is 1160. The predicted molar refractivity (Wildman–Crippen MR) is 118 cm³/mol. The summed E-state index contributed by atoms with van der Waals surface area (Å²) in [4.78, 5) is 24.6. The Balaban J connectivity index is 1.44. The fourth-order valence-electron chi connectivity index (χ4n) is 5.54. The van der Waals surface area contributed by atoms with E-state index in [9.17, 15) is 4.79 Å². The molecule has 6 rings (SSSR count). The van der Waals surface area contributed by atoms with Crippen molar-refractivity contribution in [2.24, 2.45) is 5.92 Å². The SMILES string of the molecule is CC1CCC(n2c(CN3C(=O)C4(CC4)c4ccncc43)nc3cc(Cl)ccc32)CC1. The molecule has 2 fully saturated rings. The van der Waals surface area contributed by atoms with E-state index in [1.807, 2.05) is 29.3 Å². The van der Waals surface area contributed by atoms with Crippen LogP contribution in [0.3, 0.4) is 0 Å². The zero-order valence-corrected chi connectivity index (χ0v) is 17.9. The number of nitrogens with zero attached hydrogens (tertiary/aromatic N) is 4. The Morgan fingerprint density at radius 3 is 2.73 bits per heavy atom. The van der Waals surface area contributed by atoms with E-state index in [1.165, 1.54) is 12.8 Å². The molecule has 0 unspecified atom stereocenters. The van der Waals surface area contributed by atoms with Gasteiger partial charge in [0.25, 0.3) is 0 Å². The molecule has 3 heterocycles. The second kappa shape index (κ2) is 6.55. The zero-order valence-electron chi connectivity index (χ0n) is 17.1. The fourth-order valence-corrected chi connectivity index (χ4v) is 5.70. The number of aromatic nitrogens is 3. The van der Waals surface area contributed by atoms with Crippen LogP contribution in [-0.4, -0.2) is 20.4 Å². The number of imidazole rings is 1. The van der Waals surface area contributed by atoms with E-state index >= 15 is 0 Å². The number of pyridine rings is 1. The van der Waals surface area contributed by atoms with Gasteiger partial charge >= 0.3 is 0 Å². The number of hydrogen-bond donors (Lipinski definition) is 0.